The first-order chi connectivity index (χ1) is 11.5. The zero-order valence-electron chi connectivity index (χ0n) is 14.0. The minimum absolute atomic E-state index is 0.00656. The summed E-state index contributed by atoms with van der Waals surface area (Å²) in [4.78, 5) is 27.0. The lowest BCUT2D eigenvalue weighted by atomic mass is 9.92. The second-order valence-corrected chi connectivity index (χ2v) is 6.79. The molecular weight excluding hydrogens is 304 g/mol. The van der Waals surface area contributed by atoms with Crippen LogP contribution in [0.1, 0.15) is 50.2 Å². The van der Waals surface area contributed by atoms with Crippen molar-refractivity contribution in [2.45, 2.75) is 57.4 Å². The lowest BCUT2D eigenvalue weighted by molar-refractivity contribution is -0.139. The number of benzene rings is 1. The Morgan fingerprint density at radius 1 is 1.25 bits per heavy atom. The minimum Gasteiger partial charge on any atom is -0.481 e. The van der Waals surface area contributed by atoms with E-state index in [4.69, 9.17) is 5.11 Å². The van der Waals surface area contributed by atoms with E-state index in [0.717, 1.165) is 48.6 Å². The summed E-state index contributed by atoms with van der Waals surface area (Å²) in [5.74, 6) is -0.946. The fourth-order valence-corrected chi connectivity index (χ4v) is 3.92. The van der Waals surface area contributed by atoms with E-state index in [1.54, 1.807) is 0 Å². The Bertz CT molecular complexity index is 757. The Morgan fingerprint density at radius 2 is 2.00 bits per heavy atom. The summed E-state index contributed by atoms with van der Waals surface area (Å²) in [6.07, 6.45) is 6.55. The van der Waals surface area contributed by atoms with Crippen molar-refractivity contribution in [1.29, 1.82) is 0 Å². The molecular formula is C19H24N2O3. The monoisotopic (exact) mass is 328 g/mol. The van der Waals surface area contributed by atoms with Crippen molar-refractivity contribution in [2.24, 2.45) is 0 Å². The molecule has 1 aliphatic carbocycles. The van der Waals surface area contributed by atoms with Crippen LogP contribution in [0, 0.1) is 0 Å². The maximum Gasteiger partial charge on any atom is 0.305 e. The highest BCUT2D eigenvalue weighted by Gasteiger charge is 2.37. The van der Waals surface area contributed by atoms with Gasteiger partial charge >= 0.3 is 5.97 Å². The zero-order valence-corrected chi connectivity index (χ0v) is 14.0. The summed E-state index contributed by atoms with van der Waals surface area (Å²) in [6.45, 7) is 2.11. The van der Waals surface area contributed by atoms with Gasteiger partial charge in [0, 0.05) is 17.1 Å². The van der Waals surface area contributed by atoms with Gasteiger partial charge in [-0.2, -0.15) is 0 Å². The topological polar surface area (TPSA) is 82.2 Å². The molecule has 5 nitrogen and oxygen atoms in total. The highest BCUT2D eigenvalue weighted by Crippen LogP contribution is 2.33. The van der Waals surface area contributed by atoms with E-state index in [9.17, 15) is 9.59 Å². The van der Waals surface area contributed by atoms with Crippen LogP contribution < -0.4 is 5.32 Å². The van der Waals surface area contributed by atoms with Crippen molar-refractivity contribution in [3.8, 4) is 0 Å². The number of H-pyrrole nitrogens is 1. The molecule has 1 aliphatic rings. The maximum atomic E-state index is 12.5. The van der Waals surface area contributed by atoms with Crippen LogP contribution in [0.2, 0.25) is 0 Å². The molecule has 24 heavy (non-hydrogen) atoms. The number of para-hydroxylation sites is 1. The number of carbonyl (C=O) groups excluding carboxylic acids is 1. The predicted octanol–water partition coefficient (Wildman–Crippen LogP) is 3.18. The molecule has 5 heteroatoms. The minimum atomic E-state index is -0.850. The number of carbonyl (C=O) groups is 2. The quantitative estimate of drug-likeness (QED) is 0.761. The van der Waals surface area contributed by atoms with Crippen molar-refractivity contribution in [2.75, 3.05) is 0 Å². The molecule has 0 atom stereocenters. The smallest absolute Gasteiger partial charge is 0.305 e. The largest absolute Gasteiger partial charge is 0.481 e. The number of hydrogen-bond donors (Lipinski definition) is 3. The van der Waals surface area contributed by atoms with Crippen LogP contribution in [0.3, 0.4) is 0 Å². The SMILES string of the molecule is CCc1cccc2c(CC(=O)NC3(CC(=O)O)CCCC3)c[nH]c12. The lowest BCUT2D eigenvalue weighted by Gasteiger charge is -2.28. The van der Waals surface area contributed by atoms with Gasteiger partial charge in [0.2, 0.25) is 5.91 Å². The molecule has 2 aromatic rings. The molecule has 1 fully saturated rings. The molecule has 0 radical (unpaired) electrons. The van der Waals surface area contributed by atoms with E-state index in [1.165, 1.54) is 5.56 Å². The van der Waals surface area contributed by atoms with Crippen LogP contribution >= 0.6 is 0 Å². The number of fused-ring (bicyclic) bond motifs is 1. The first-order valence-corrected chi connectivity index (χ1v) is 8.64. The summed E-state index contributed by atoms with van der Waals surface area (Å²) in [6, 6.07) is 6.12. The van der Waals surface area contributed by atoms with Crippen LogP contribution in [0.25, 0.3) is 10.9 Å². The number of rotatable bonds is 6. The van der Waals surface area contributed by atoms with Crippen molar-refractivity contribution in [3.05, 3.63) is 35.5 Å². The van der Waals surface area contributed by atoms with E-state index in [0.29, 0.717) is 0 Å². The number of nitrogens with one attached hydrogen (secondary N) is 2. The summed E-state index contributed by atoms with van der Waals surface area (Å²) < 4.78 is 0. The van der Waals surface area contributed by atoms with Gasteiger partial charge in [-0.3, -0.25) is 9.59 Å². The highest BCUT2D eigenvalue weighted by molar-refractivity contribution is 5.91. The van der Waals surface area contributed by atoms with Crippen LogP contribution in [0.15, 0.2) is 24.4 Å². The molecule has 0 unspecified atom stereocenters. The summed E-state index contributed by atoms with van der Waals surface area (Å²) in [7, 11) is 0. The van der Waals surface area contributed by atoms with Crippen molar-refractivity contribution < 1.29 is 14.7 Å². The van der Waals surface area contributed by atoms with Gasteiger partial charge in [0.05, 0.1) is 18.4 Å². The second kappa shape index (κ2) is 6.67. The first kappa shape index (κ1) is 16.6. The number of amides is 1. The molecule has 1 saturated carbocycles. The maximum absolute atomic E-state index is 12.5. The summed E-state index contributed by atoms with van der Waals surface area (Å²) in [5.41, 5.74) is 2.71. The number of aromatic amines is 1. The first-order valence-electron chi connectivity index (χ1n) is 8.64. The Balaban J connectivity index is 1.76. The number of carboxylic acids is 1. The molecule has 1 heterocycles. The molecule has 0 bridgehead atoms. The van der Waals surface area contributed by atoms with Gasteiger partial charge in [0.25, 0.3) is 0 Å². The van der Waals surface area contributed by atoms with Gasteiger partial charge in [-0.05, 0) is 30.4 Å². The Kier molecular flexibility index (Phi) is 4.60. The predicted molar refractivity (Wildman–Crippen MR) is 93.0 cm³/mol. The van der Waals surface area contributed by atoms with Crippen molar-refractivity contribution in [3.63, 3.8) is 0 Å². The molecule has 0 spiro atoms. The van der Waals surface area contributed by atoms with Gasteiger partial charge in [-0.1, -0.05) is 38.0 Å². The number of aromatic nitrogens is 1. The van der Waals surface area contributed by atoms with E-state index < -0.39 is 11.5 Å². The van der Waals surface area contributed by atoms with Crippen LogP contribution in [-0.2, 0) is 22.4 Å². The zero-order chi connectivity index (χ0) is 17.2. The van der Waals surface area contributed by atoms with Gasteiger partial charge < -0.3 is 15.4 Å². The standard InChI is InChI=1S/C19H24N2O3/c1-2-13-6-5-7-15-14(12-20-18(13)15)10-16(22)21-19(11-17(23)24)8-3-4-9-19/h5-7,12,20H,2-4,8-11H2,1H3,(H,21,22)(H,23,24). The van der Waals surface area contributed by atoms with Crippen molar-refractivity contribution in [1.82, 2.24) is 10.3 Å². The van der Waals surface area contributed by atoms with Crippen LogP contribution in [-0.4, -0.2) is 27.5 Å². The normalized spacial score (nSPS) is 16.4. The Hall–Kier alpha value is -2.30. The highest BCUT2D eigenvalue weighted by atomic mass is 16.4. The third kappa shape index (κ3) is 3.30. The molecule has 3 rings (SSSR count). The molecule has 3 N–H and O–H groups in total. The van der Waals surface area contributed by atoms with Gasteiger partial charge in [0.1, 0.15) is 0 Å². The third-order valence-electron chi connectivity index (χ3n) is 5.07. The number of hydrogen-bond acceptors (Lipinski definition) is 2. The second-order valence-electron chi connectivity index (χ2n) is 6.79. The fraction of sp³-hybridized carbons (Fsp3) is 0.474. The molecule has 0 aliphatic heterocycles. The molecule has 1 aromatic carbocycles. The summed E-state index contributed by atoms with van der Waals surface area (Å²) >= 11 is 0. The van der Waals surface area contributed by atoms with Gasteiger partial charge in [0.15, 0.2) is 0 Å². The fourth-order valence-electron chi connectivity index (χ4n) is 3.92. The van der Waals surface area contributed by atoms with Crippen LogP contribution in [0.5, 0.6) is 0 Å². The average Bonchev–Trinajstić information content (AvgIpc) is 3.14. The number of carboxylic acid groups (broad SMARTS) is 1. The summed E-state index contributed by atoms with van der Waals surface area (Å²) in [5, 5.41) is 13.2. The number of aryl methyl sites for hydroxylation is 1. The lowest BCUT2D eigenvalue weighted by Crippen LogP contribution is -2.48. The number of aliphatic carboxylic acids is 1. The molecule has 1 aromatic heterocycles. The molecule has 0 saturated heterocycles. The average molecular weight is 328 g/mol. The van der Waals surface area contributed by atoms with E-state index in [-0.39, 0.29) is 18.7 Å². The van der Waals surface area contributed by atoms with E-state index in [2.05, 4.69) is 23.3 Å². The van der Waals surface area contributed by atoms with E-state index >= 15 is 0 Å². The molecule has 1 amide bonds. The van der Waals surface area contributed by atoms with Crippen LogP contribution in [0.4, 0.5) is 0 Å². The van der Waals surface area contributed by atoms with Crippen molar-refractivity contribution >= 4 is 22.8 Å². The van der Waals surface area contributed by atoms with Gasteiger partial charge in [-0.15, -0.1) is 0 Å². The van der Waals surface area contributed by atoms with E-state index in [1.807, 2.05) is 18.3 Å². The Labute approximate surface area is 141 Å². The van der Waals surface area contributed by atoms with Gasteiger partial charge in [-0.25, -0.2) is 0 Å². The molecule has 128 valence electrons. The Morgan fingerprint density at radius 3 is 2.67 bits per heavy atom. The third-order valence-corrected chi connectivity index (χ3v) is 5.07.